The first-order valence-corrected chi connectivity index (χ1v) is 3.90. The number of nitrogens with one attached hydrogen (secondary N) is 1. The molecule has 0 saturated heterocycles. The number of aromatic nitrogens is 4. The lowest BCUT2D eigenvalue weighted by Crippen LogP contribution is -2.01. The monoisotopic (exact) mass is 179 g/mol. The number of imidazole rings is 1. The van der Waals surface area contributed by atoms with E-state index in [9.17, 15) is 0 Å². The molecule has 2 rings (SSSR count). The zero-order valence-corrected chi connectivity index (χ0v) is 7.11. The summed E-state index contributed by atoms with van der Waals surface area (Å²) in [5, 5.41) is 0. The average molecular weight is 179 g/mol. The number of hydrogen-bond acceptors (Lipinski definition) is 5. The summed E-state index contributed by atoms with van der Waals surface area (Å²) in [7, 11) is 0. The molecule has 2 heterocycles. The second kappa shape index (κ2) is 2.89. The number of aromatic amines is 1. The van der Waals surface area contributed by atoms with Crippen molar-refractivity contribution >= 4 is 17.1 Å². The van der Waals surface area contributed by atoms with Crippen LogP contribution in [0.25, 0.3) is 11.2 Å². The molecule has 13 heavy (non-hydrogen) atoms. The average Bonchev–Trinajstić information content (AvgIpc) is 2.52. The van der Waals surface area contributed by atoms with E-state index in [2.05, 4.69) is 19.9 Å². The third-order valence-corrected chi connectivity index (χ3v) is 1.55. The molecule has 2 aromatic rings. The Labute approximate surface area is 74.2 Å². The van der Waals surface area contributed by atoms with Gasteiger partial charge in [-0.1, -0.05) is 0 Å². The molecule has 0 bridgehead atoms. The van der Waals surface area contributed by atoms with E-state index in [1.165, 1.54) is 6.33 Å². The second-order valence-corrected chi connectivity index (χ2v) is 2.42. The van der Waals surface area contributed by atoms with Gasteiger partial charge in [-0.05, 0) is 6.92 Å². The summed E-state index contributed by atoms with van der Waals surface area (Å²) in [6, 6.07) is 0. The smallest absolute Gasteiger partial charge is 0.245 e. The summed E-state index contributed by atoms with van der Waals surface area (Å²) in [6.07, 6.45) is 1.53. The molecule has 0 saturated carbocycles. The van der Waals surface area contributed by atoms with E-state index in [-0.39, 0.29) is 5.95 Å². The molecule has 0 aliphatic carbocycles. The fraction of sp³-hybridized carbons (Fsp3) is 0.286. The highest BCUT2D eigenvalue weighted by Gasteiger charge is 2.08. The molecule has 0 aliphatic heterocycles. The van der Waals surface area contributed by atoms with Crippen LogP contribution in [0.3, 0.4) is 0 Å². The van der Waals surface area contributed by atoms with Crippen LogP contribution in [-0.4, -0.2) is 26.5 Å². The van der Waals surface area contributed by atoms with Gasteiger partial charge >= 0.3 is 0 Å². The van der Waals surface area contributed by atoms with E-state index in [1.807, 2.05) is 6.92 Å². The molecule has 68 valence electrons. The number of H-pyrrole nitrogens is 1. The number of ether oxygens (including phenoxy) is 1. The maximum absolute atomic E-state index is 5.46. The molecule has 0 unspecified atom stereocenters. The van der Waals surface area contributed by atoms with Crippen molar-refractivity contribution in [1.29, 1.82) is 0 Å². The Bertz CT molecular complexity index is 424. The highest BCUT2D eigenvalue weighted by atomic mass is 16.5. The van der Waals surface area contributed by atoms with E-state index in [4.69, 9.17) is 10.5 Å². The van der Waals surface area contributed by atoms with Gasteiger partial charge in [0.25, 0.3) is 0 Å². The van der Waals surface area contributed by atoms with Crippen LogP contribution in [0.4, 0.5) is 5.95 Å². The second-order valence-electron chi connectivity index (χ2n) is 2.42. The minimum absolute atomic E-state index is 0.169. The van der Waals surface area contributed by atoms with Crippen LogP contribution in [-0.2, 0) is 0 Å². The lowest BCUT2D eigenvalue weighted by Gasteiger charge is -2.02. The number of nitrogen functional groups attached to an aromatic ring is 1. The summed E-state index contributed by atoms with van der Waals surface area (Å²) in [5.74, 6) is 0.616. The zero-order valence-electron chi connectivity index (χ0n) is 7.11. The highest BCUT2D eigenvalue weighted by Crippen LogP contribution is 2.19. The summed E-state index contributed by atoms with van der Waals surface area (Å²) in [5.41, 5.74) is 6.66. The summed E-state index contributed by atoms with van der Waals surface area (Å²) in [6.45, 7) is 2.41. The van der Waals surface area contributed by atoms with Crippen LogP contribution in [0, 0.1) is 0 Å². The van der Waals surface area contributed by atoms with Gasteiger partial charge in [-0.2, -0.15) is 9.97 Å². The number of nitrogens with two attached hydrogens (primary N) is 1. The minimum Gasteiger partial charge on any atom is -0.476 e. The normalized spacial score (nSPS) is 10.5. The Balaban J connectivity index is 2.63. The molecular formula is C7H9N5O. The van der Waals surface area contributed by atoms with Crippen LogP contribution < -0.4 is 10.5 Å². The van der Waals surface area contributed by atoms with Gasteiger partial charge < -0.3 is 15.5 Å². The lowest BCUT2D eigenvalue weighted by atomic mass is 10.5. The van der Waals surface area contributed by atoms with E-state index in [0.717, 1.165) is 0 Å². The third kappa shape index (κ3) is 1.26. The molecule has 0 radical (unpaired) electrons. The van der Waals surface area contributed by atoms with Gasteiger partial charge in [0.05, 0.1) is 12.9 Å². The topological polar surface area (TPSA) is 89.7 Å². The van der Waals surface area contributed by atoms with E-state index >= 15 is 0 Å². The maximum Gasteiger partial charge on any atom is 0.245 e. The molecule has 3 N–H and O–H groups in total. The SMILES string of the molecule is CCOc1nc(N)nc2nc[nH]c12. The first-order chi connectivity index (χ1) is 6.31. The molecule has 6 nitrogen and oxygen atoms in total. The molecule has 2 aromatic heterocycles. The predicted molar refractivity (Wildman–Crippen MR) is 47.3 cm³/mol. The van der Waals surface area contributed by atoms with Crippen LogP contribution >= 0.6 is 0 Å². The van der Waals surface area contributed by atoms with E-state index in [1.54, 1.807) is 0 Å². The fourth-order valence-corrected chi connectivity index (χ4v) is 1.06. The van der Waals surface area contributed by atoms with Gasteiger partial charge in [0.2, 0.25) is 11.8 Å². The van der Waals surface area contributed by atoms with Gasteiger partial charge in [-0.25, -0.2) is 4.98 Å². The summed E-state index contributed by atoms with van der Waals surface area (Å²) < 4.78 is 5.26. The number of hydrogen-bond donors (Lipinski definition) is 2. The zero-order chi connectivity index (χ0) is 9.26. The highest BCUT2D eigenvalue weighted by molar-refractivity contribution is 5.76. The molecule has 0 aromatic carbocycles. The Morgan fingerprint density at radius 2 is 2.38 bits per heavy atom. The van der Waals surface area contributed by atoms with Crippen molar-refractivity contribution in [3.05, 3.63) is 6.33 Å². The lowest BCUT2D eigenvalue weighted by molar-refractivity contribution is 0.331. The van der Waals surface area contributed by atoms with E-state index in [0.29, 0.717) is 23.7 Å². The predicted octanol–water partition coefficient (Wildman–Crippen LogP) is 0.334. The van der Waals surface area contributed by atoms with Crippen molar-refractivity contribution in [2.45, 2.75) is 6.92 Å². The van der Waals surface area contributed by atoms with Crippen molar-refractivity contribution in [3.63, 3.8) is 0 Å². The van der Waals surface area contributed by atoms with E-state index < -0.39 is 0 Å². The minimum atomic E-state index is 0.169. The standard InChI is InChI=1S/C7H9N5O/c1-2-13-6-4-5(10-3-9-4)11-7(8)12-6/h3H,2H2,1H3,(H3,8,9,10,11,12). The first-order valence-electron chi connectivity index (χ1n) is 3.90. The maximum atomic E-state index is 5.46. The van der Waals surface area contributed by atoms with Crippen molar-refractivity contribution in [3.8, 4) is 5.88 Å². The van der Waals surface area contributed by atoms with Gasteiger partial charge in [-0.15, -0.1) is 0 Å². The van der Waals surface area contributed by atoms with Gasteiger partial charge in [0.1, 0.15) is 5.52 Å². The van der Waals surface area contributed by atoms with Gasteiger partial charge in [-0.3, -0.25) is 0 Å². The number of nitrogens with zero attached hydrogens (tertiary/aromatic N) is 3. The third-order valence-electron chi connectivity index (χ3n) is 1.55. The fourth-order valence-electron chi connectivity index (χ4n) is 1.06. The quantitative estimate of drug-likeness (QED) is 0.693. The summed E-state index contributed by atoms with van der Waals surface area (Å²) >= 11 is 0. The van der Waals surface area contributed by atoms with Crippen molar-refractivity contribution < 1.29 is 4.74 Å². The van der Waals surface area contributed by atoms with Crippen LogP contribution in [0.15, 0.2) is 6.33 Å². The molecule has 6 heteroatoms. The number of anilines is 1. The molecule has 0 amide bonds. The van der Waals surface area contributed by atoms with Gasteiger partial charge in [0.15, 0.2) is 5.65 Å². The Hall–Kier alpha value is -1.85. The largest absolute Gasteiger partial charge is 0.476 e. The molecule has 0 aliphatic rings. The Morgan fingerprint density at radius 1 is 1.54 bits per heavy atom. The first kappa shape index (κ1) is 7.78. The number of rotatable bonds is 2. The molecule has 0 spiro atoms. The number of fused-ring (bicyclic) bond motifs is 1. The van der Waals surface area contributed by atoms with Crippen molar-refractivity contribution in [2.75, 3.05) is 12.3 Å². The van der Waals surface area contributed by atoms with Crippen LogP contribution in [0.2, 0.25) is 0 Å². The van der Waals surface area contributed by atoms with Crippen LogP contribution in [0.1, 0.15) is 6.92 Å². The summed E-state index contributed by atoms with van der Waals surface area (Å²) in [4.78, 5) is 14.7. The van der Waals surface area contributed by atoms with Crippen molar-refractivity contribution in [1.82, 2.24) is 19.9 Å². The Kier molecular flexibility index (Phi) is 1.73. The van der Waals surface area contributed by atoms with Gasteiger partial charge in [0, 0.05) is 0 Å². The Morgan fingerprint density at radius 3 is 3.15 bits per heavy atom. The van der Waals surface area contributed by atoms with Crippen molar-refractivity contribution in [2.24, 2.45) is 0 Å². The molecule has 0 atom stereocenters. The molecule has 0 fully saturated rings. The molecular weight excluding hydrogens is 170 g/mol. The van der Waals surface area contributed by atoms with Crippen LogP contribution in [0.5, 0.6) is 5.88 Å².